The summed E-state index contributed by atoms with van der Waals surface area (Å²) in [4.78, 5) is 0. The van der Waals surface area contributed by atoms with Crippen molar-refractivity contribution in [2.75, 3.05) is 0 Å². The van der Waals surface area contributed by atoms with Crippen LogP contribution in [0.2, 0.25) is 0 Å². The molecule has 26 heavy (non-hydrogen) atoms. The highest BCUT2D eigenvalue weighted by molar-refractivity contribution is 5.39. The molecular weight excluding hydrogens is 312 g/mol. The van der Waals surface area contributed by atoms with Crippen molar-refractivity contribution in [1.29, 1.82) is 0 Å². The molecular formula is C26H36. The van der Waals surface area contributed by atoms with E-state index >= 15 is 0 Å². The van der Waals surface area contributed by atoms with Crippen molar-refractivity contribution in [2.24, 2.45) is 17.8 Å². The first kappa shape index (κ1) is 19.3. The molecule has 140 valence electrons. The monoisotopic (exact) mass is 348 g/mol. The molecule has 0 saturated heterocycles. The van der Waals surface area contributed by atoms with E-state index < -0.39 is 0 Å². The molecule has 0 bridgehead atoms. The lowest BCUT2D eigenvalue weighted by atomic mass is 9.78. The van der Waals surface area contributed by atoms with E-state index in [9.17, 15) is 0 Å². The summed E-state index contributed by atoms with van der Waals surface area (Å²) in [5.41, 5.74) is 2.67. The van der Waals surface area contributed by atoms with Crippen molar-refractivity contribution in [1.82, 2.24) is 0 Å². The second kappa shape index (κ2) is 10.0. The Morgan fingerprint density at radius 3 is 1.96 bits per heavy atom. The third-order valence-corrected chi connectivity index (χ3v) is 6.94. The van der Waals surface area contributed by atoms with Gasteiger partial charge in [0.15, 0.2) is 0 Å². The number of allylic oxidation sites excluding steroid dienone is 2. The maximum Gasteiger partial charge on any atom is 0.0249 e. The minimum atomic E-state index is 0.757. The normalized spacial score (nSPS) is 29.3. The Balaban J connectivity index is 1.48. The van der Waals surface area contributed by atoms with Gasteiger partial charge in [-0.3, -0.25) is 0 Å². The van der Waals surface area contributed by atoms with Gasteiger partial charge < -0.3 is 0 Å². The van der Waals surface area contributed by atoms with Gasteiger partial charge in [0, 0.05) is 5.56 Å². The molecule has 0 heteroatoms. The Morgan fingerprint density at radius 1 is 0.808 bits per heavy atom. The van der Waals surface area contributed by atoms with Crippen LogP contribution in [0.5, 0.6) is 0 Å². The van der Waals surface area contributed by atoms with E-state index in [4.69, 9.17) is 0 Å². The maximum absolute atomic E-state index is 3.31. The zero-order chi connectivity index (χ0) is 18.2. The van der Waals surface area contributed by atoms with Gasteiger partial charge in [0.05, 0.1) is 0 Å². The highest BCUT2D eigenvalue weighted by Gasteiger charge is 2.21. The molecule has 0 atom stereocenters. The van der Waals surface area contributed by atoms with Crippen LogP contribution < -0.4 is 0 Å². The van der Waals surface area contributed by atoms with Crippen molar-refractivity contribution >= 4 is 0 Å². The van der Waals surface area contributed by atoms with E-state index in [2.05, 4.69) is 62.1 Å². The lowest BCUT2D eigenvalue weighted by Crippen LogP contribution is -2.12. The Bertz CT molecular complexity index is 608. The molecule has 0 aromatic heterocycles. The molecule has 2 aliphatic rings. The second-order valence-electron chi connectivity index (χ2n) is 8.57. The predicted molar refractivity (Wildman–Crippen MR) is 113 cm³/mol. The predicted octanol–water partition coefficient (Wildman–Crippen LogP) is 7.49. The number of benzene rings is 1. The summed E-state index contributed by atoms with van der Waals surface area (Å²) in [5.74, 6) is 10.0. The van der Waals surface area contributed by atoms with Crippen molar-refractivity contribution < 1.29 is 0 Å². The molecule has 1 aromatic carbocycles. The smallest absolute Gasteiger partial charge is 0.0249 e. The first-order chi connectivity index (χ1) is 12.8. The minimum absolute atomic E-state index is 0.757. The summed E-state index contributed by atoms with van der Waals surface area (Å²) in [5, 5.41) is 0. The van der Waals surface area contributed by atoms with Gasteiger partial charge in [0.2, 0.25) is 0 Å². The molecule has 2 saturated carbocycles. The summed E-state index contributed by atoms with van der Waals surface area (Å²) in [6.07, 6.45) is 18.2. The molecule has 2 fully saturated rings. The lowest BCUT2D eigenvalue weighted by molar-refractivity contribution is 0.304. The van der Waals surface area contributed by atoms with Gasteiger partial charge in [-0.05, 0) is 98.8 Å². The molecule has 0 N–H and O–H groups in total. The Morgan fingerprint density at radius 2 is 1.38 bits per heavy atom. The van der Waals surface area contributed by atoms with Crippen LogP contribution in [0.4, 0.5) is 0 Å². The lowest BCUT2D eigenvalue weighted by Gasteiger charge is -2.28. The van der Waals surface area contributed by atoms with E-state index in [-0.39, 0.29) is 0 Å². The fourth-order valence-corrected chi connectivity index (χ4v) is 4.84. The van der Waals surface area contributed by atoms with Crippen LogP contribution in [0.1, 0.15) is 95.1 Å². The zero-order valence-electron chi connectivity index (χ0n) is 16.8. The molecule has 3 rings (SSSR count). The summed E-state index contributed by atoms with van der Waals surface area (Å²) in [6.45, 7) is 4.66. The quantitative estimate of drug-likeness (QED) is 0.494. The molecule has 0 amide bonds. The van der Waals surface area contributed by atoms with Crippen LogP contribution in [0.25, 0.3) is 0 Å². The maximum atomic E-state index is 3.31. The van der Waals surface area contributed by atoms with Gasteiger partial charge in [-0.1, -0.05) is 56.7 Å². The van der Waals surface area contributed by atoms with Gasteiger partial charge in [0.25, 0.3) is 0 Å². The fraction of sp³-hybridized carbons (Fsp3) is 0.615. The Hall–Kier alpha value is -1.48. The van der Waals surface area contributed by atoms with Crippen molar-refractivity contribution in [3.05, 3.63) is 47.5 Å². The molecule has 0 aliphatic heterocycles. The first-order valence-corrected chi connectivity index (χ1v) is 11.1. The molecule has 0 nitrogen and oxygen atoms in total. The van der Waals surface area contributed by atoms with E-state index in [0.29, 0.717) is 0 Å². The van der Waals surface area contributed by atoms with E-state index in [1.807, 2.05) is 0 Å². The SMILES string of the molecule is CC[C@H]1CC[C@H](/C=C/C#Cc2ccc([C@H]3CC[C@H](CC)CC3)cc2)CC1. The highest BCUT2D eigenvalue weighted by atomic mass is 14.3. The topological polar surface area (TPSA) is 0 Å². The number of hydrogen-bond donors (Lipinski definition) is 0. The summed E-state index contributed by atoms with van der Waals surface area (Å²) >= 11 is 0. The number of hydrogen-bond acceptors (Lipinski definition) is 0. The Kier molecular flexibility index (Phi) is 7.43. The van der Waals surface area contributed by atoms with Crippen LogP contribution in [-0.4, -0.2) is 0 Å². The van der Waals surface area contributed by atoms with Crippen molar-refractivity contribution in [3.63, 3.8) is 0 Å². The fourth-order valence-electron chi connectivity index (χ4n) is 4.84. The van der Waals surface area contributed by atoms with Gasteiger partial charge in [-0.15, -0.1) is 0 Å². The van der Waals surface area contributed by atoms with E-state index in [1.165, 1.54) is 69.8 Å². The highest BCUT2D eigenvalue weighted by Crippen LogP contribution is 2.36. The van der Waals surface area contributed by atoms with E-state index in [1.54, 1.807) is 0 Å². The standard InChI is InChI=1S/C26H36/c1-3-21-9-11-23(12-10-21)7-5-6-8-24-15-19-26(20-16-24)25-17-13-22(4-2)14-18-25/h5,7,15-16,19-23,25H,3-4,9-14,17-18H2,1-2H3/b7-5+/t21-,22-,23-,25-. The summed E-state index contributed by atoms with van der Waals surface area (Å²) in [6, 6.07) is 9.07. The second-order valence-corrected chi connectivity index (χ2v) is 8.57. The summed E-state index contributed by atoms with van der Waals surface area (Å²) in [7, 11) is 0. The molecule has 2 aliphatic carbocycles. The number of rotatable bonds is 4. The first-order valence-electron chi connectivity index (χ1n) is 11.1. The van der Waals surface area contributed by atoms with E-state index in [0.717, 1.165) is 29.2 Å². The zero-order valence-corrected chi connectivity index (χ0v) is 16.8. The molecule has 0 unspecified atom stereocenters. The van der Waals surface area contributed by atoms with Gasteiger partial charge in [0.1, 0.15) is 0 Å². The molecule has 0 heterocycles. The van der Waals surface area contributed by atoms with Gasteiger partial charge in [-0.25, -0.2) is 0 Å². The Labute approximate surface area is 161 Å². The third kappa shape index (κ3) is 5.51. The largest absolute Gasteiger partial charge is 0.0730 e. The molecule has 0 radical (unpaired) electrons. The van der Waals surface area contributed by atoms with Crippen molar-refractivity contribution in [2.45, 2.75) is 84.0 Å². The van der Waals surface area contributed by atoms with Gasteiger partial charge in [-0.2, -0.15) is 0 Å². The molecule has 1 aromatic rings. The third-order valence-electron chi connectivity index (χ3n) is 6.94. The van der Waals surface area contributed by atoms with Crippen LogP contribution in [0, 0.1) is 29.6 Å². The van der Waals surface area contributed by atoms with Gasteiger partial charge >= 0.3 is 0 Å². The summed E-state index contributed by atoms with van der Waals surface area (Å²) < 4.78 is 0. The average Bonchev–Trinajstić information content (AvgIpc) is 2.72. The van der Waals surface area contributed by atoms with Crippen LogP contribution in [0.3, 0.4) is 0 Å². The van der Waals surface area contributed by atoms with Crippen LogP contribution in [0.15, 0.2) is 36.4 Å². The average molecular weight is 349 g/mol. The minimum Gasteiger partial charge on any atom is -0.0730 e. The van der Waals surface area contributed by atoms with Crippen LogP contribution in [-0.2, 0) is 0 Å². The molecule has 0 spiro atoms. The van der Waals surface area contributed by atoms with Crippen molar-refractivity contribution in [3.8, 4) is 11.8 Å². The van der Waals surface area contributed by atoms with Crippen LogP contribution >= 0.6 is 0 Å².